The van der Waals surface area contributed by atoms with Crippen molar-refractivity contribution in [3.05, 3.63) is 48.2 Å². The van der Waals surface area contributed by atoms with Gasteiger partial charge < -0.3 is 15.8 Å². The number of methoxy groups -OCH3 is 1. The van der Waals surface area contributed by atoms with Crippen LogP contribution >= 0.6 is 0 Å². The molecule has 0 amide bonds. The lowest BCUT2D eigenvalue weighted by molar-refractivity contribution is 0.410. The second kappa shape index (κ2) is 5.91. The summed E-state index contributed by atoms with van der Waals surface area (Å²) in [6, 6.07) is 11.6. The summed E-state index contributed by atoms with van der Waals surface area (Å²) in [6.07, 6.45) is 2.59. The van der Waals surface area contributed by atoms with Crippen LogP contribution in [0.4, 0.5) is 11.5 Å². The number of ether oxygens (including phenoxy) is 1. The van der Waals surface area contributed by atoms with Crippen molar-refractivity contribution in [2.75, 3.05) is 24.7 Å². The predicted octanol–water partition coefficient (Wildman–Crippen LogP) is 2.33. The zero-order chi connectivity index (χ0) is 12.8. The van der Waals surface area contributed by atoms with Crippen molar-refractivity contribution in [3.63, 3.8) is 0 Å². The van der Waals surface area contributed by atoms with Gasteiger partial charge in [0.05, 0.1) is 12.8 Å². The molecule has 4 nitrogen and oxygen atoms in total. The van der Waals surface area contributed by atoms with Crippen LogP contribution in [0.5, 0.6) is 5.75 Å². The summed E-state index contributed by atoms with van der Waals surface area (Å²) in [7, 11) is 1.68. The first-order valence-electron chi connectivity index (χ1n) is 5.87. The van der Waals surface area contributed by atoms with Crippen molar-refractivity contribution < 1.29 is 4.74 Å². The number of benzene rings is 1. The molecule has 0 radical (unpaired) electrons. The molecule has 2 rings (SSSR count). The third kappa shape index (κ3) is 2.91. The summed E-state index contributed by atoms with van der Waals surface area (Å²) < 4.78 is 5.30. The van der Waals surface area contributed by atoms with Gasteiger partial charge in [-0.15, -0.1) is 0 Å². The zero-order valence-electron chi connectivity index (χ0n) is 10.4. The SMILES string of the molecule is COc1ccccc1CCNc1ncccc1N. The smallest absolute Gasteiger partial charge is 0.149 e. The van der Waals surface area contributed by atoms with E-state index in [0.717, 1.165) is 24.5 Å². The van der Waals surface area contributed by atoms with Crippen LogP contribution in [0.15, 0.2) is 42.6 Å². The molecule has 0 fully saturated rings. The van der Waals surface area contributed by atoms with Gasteiger partial charge in [-0.2, -0.15) is 0 Å². The largest absolute Gasteiger partial charge is 0.496 e. The fourth-order valence-electron chi connectivity index (χ4n) is 1.79. The molecule has 0 aliphatic rings. The maximum atomic E-state index is 5.81. The number of para-hydroxylation sites is 1. The van der Waals surface area contributed by atoms with Gasteiger partial charge in [0.15, 0.2) is 0 Å². The van der Waals surface area contributed by atoms with Crippen LogP contribution in [0.25, 0.3) is 0 Å². The summed E-state index contributed by atoms with van der Waals surface area (Å²) in [4.78, 5) is 4.18. The average Bonchev–Trinajstić information content (AvgIpc) is 2.41. The topological polar surface area (TPSA) is 60.2 Å². The van der Waals surface area contributed by atoms with E-state index in [9.17, 15) is 0 Å². The van der Waals surface area contributed by atoms with E-state index in [1.165, 1.54) is 5.56 Å². The maximum absolute atomic E-state index is 5.81. The van der Waals surface area contributed by atoms with E-state index in [1.807, 2.05) is 30.3 Å². The maximum Gasteiger partial charge on any atom is 0.149 e. The van der Waals surface area contributed by atoms with Gasteiger partial charge in [0.2, 0.25) is 0 Å². The Balaban J connectivity index is 1.95. The van der Waals surface area contributed by atoms with Crippen LogP contribution in [0, 0.1) is 0 Å². The minimum atomic E-state index is 0.664. The Hall–Kier alpha value is -2.23. The molecule has 4 heteroatoms. The van der Waals surface area contributed by atoms with E-state index in [1.54, 1.807) is 13.3 Å². The molecular formula is C14H17N3O. The van der Waals surface area contributed by atoms with Gasteiger partial charge in [0, 0.05) is 12.7 Å². The van der Waals surface area contributed by atoms with Gasteiger partial charge in [-0.1, -0.05) is 18.2 Å². The van der Waals surface area contributed by atoms with Crippen LogP contribution in [-0.2, 0) is 6.42 Å². The summed E-state index contributed by atoms with van der Waals surface area (Å²) in [5.41, 5.74) is 7.64. The minimum Gasteiger partial charge on any atom is -0.496 e. The van der Waals surface area contributed by atoms with Crippen LogP contribution in [-0.4, -0.2) is 18.6 Å². The summed E-state index contributed by atoms with van der Waals surface area (Å²) in [6.45, 7) is 0.765. The molecule has 1 aromatic carbocycles. The quantitative estimate of drug-likeness (QED) is 0.846. The number of nitrogen functional groups attached to an aromatic ring is 1. The van der Waals surface area contributed by atoms with Crippen molar-refractivity contribution in [2.45, 2.75) is 6.42 Å². The number of aromatic nitrogens is 1. The number of pyridine rings is 1. The van der Waals surface area contributed by atoms with Crippen molar-refractivity contribution in [1.82, 2.24) is 4.98 Å². The lowest BCUT2D eigenvalue weighted by Crippen LogP contribution is -2.08. The number of hydrogen-bond donors (Lipinski definition) is 2. The van der Waals surface area contributed by atoms with Crippen LogP contribution in [0.3, 0.4) is 0 Å². The normalized spacial score (nSPS) is 10.1. The van der Waals surface area contributed by atoms with Gasteiger partial charge in [-0.3, -0.25) is 0 Å². The third-order valence-corrected chi connectivity index (χ3v) is 2.72. The van der Waals surface area contributed by atoms with Crippen LogP contribution < -0.4 is 15.8 Å². The molecular weight excluding hydrogens is 226 g/mol. The number of hydrogen-bond acceptors (Lipinski definition) is 4. The lowest BCUT2D eigenvalue weighted by atomic mass is 10.1. The Kier molecular flexibility index (Phi) is 4.02. The first-order valence-corrected chi connectivity index (χ1v) is 5.87. The second-order valence-electron chi connectivity index (χ2n) is 3.93. The fraction of sp³-hybridized carbons (Fsp3) is 0.214. The minimum absolute atomic E-state index is 0.664. The van der Waals surface area contributed by atoms with E-state index in [2.05, 4.69) is 16.4 Å². The van der Waals surface area contributed by atoms with Crippen molar-refractivity contribution in [3.8, 4) is 5.75 Å². The molecule has 0 saturated heterocycles. The second-order valence-corrected chi connectivity index (χ2v) is 3.93. The van der Waals surface area contributed by atoms with E-state index in [-0.39, 0.29) is 0 Å². The molecule has 0 atom stereocenters. The van der Waals surface area contributed by atoms with Crippen molar-refractivity contribution in [2.24, 2.45) is 0 Å². The molecule has 3 N–H and O–H groups in total. The molecule has 94 valence electrons. The Bertz CT molecular complexity index is 514. The van der Waals surface area contributed by atoms with Gasteiger partial charge in [-0.25, -0.2) is 4.98 Å². The Morgan fingerprint density at radius 2 is 2.06 bits per heavy atom. The molecule has 18 heavy (non-hydrogen) atoms. The van der Waals surface area contributed by atoms with E-state index < -0.39 is 0 Å². The van der Waals surface area contributed by atoms with E-state index >= 15 is 0 Å². The first kappa shape index (κ1) is 12.2. The highest BCUT2D eigenvalue weighted by Crippen LogP contribution is 2.18. The summed E-state index contributed by atoms with van der Waals surface area (Å²) in [5.74, 6) is 1.64. The van der Waals surface area contributed by atoms with Crippen LogP contribution in [0.1, 0.15) is 5.56 Å². The van der Waals surface area contributed by atoms with Gasteiger partial charge >= 0.3 is 0 Å². The average molecular weight is 243 g/mol. The van der Waals surface area contributed by atoms with E-state index in [4.69, 9.17) is 10.5 Å². The fourth-order valence-corrected chi connectivity index (χ4v) is 1.79. The Morgan fingerprint density at radius 3 is 2.83 bits per heavy atom. The number of anilines is 2. The predicted molar refractivity (Wildman–Crippen MR) is 73.8 cm³/mol. The molecule has 1 aromatic heterocycles. The third-order valence-electron chi connectivity index (χ3n) is 2.72. The zero-order valence-corrected chi connectivity index (χ0v) is 10.4. The van der Waals surface area contributed by atoms with Crippen LogP contribution in [0.2, 0.25) is 0 Å². The molecule has 0 bridgehead atoms. The molecule has 0 aliphatic carbocycles. The monoisotopic (exact) mass is 243 g/mol. The highest BCUT2D eigenvalue weighted by Gasteiger charge is 2.02. The molecule has 2 aromatic rings. The Labute approximate surface area is 107 Å². The molecule has 0 saturated carbocycles. The highest BCUT2D eigenvalue weighted by atomic mass is 16.5. The number of nitrogens with two attached hydrogens (primary N) is 1. The number of nitrogens with one attached hydrogen (secondary N) is 1. The standard InChI is InChI=1S/C14H17N3O/c1-18-13-7-3-2-5-11(13)8-10-17-14-12(15)6-4-9-16-14/h2-7,9H,8,10,15H2,1H3,(H,16,17). The van der Waals surface area contributed by atoms with Crippen molar-refractivity contribution >= 4 is 11.5 Å². The molecule has 0 unspecified atom stereocenters. The van der Waals surface area contributed by atoms with Gasteiger partial charge in [0.25, 0.3) is 0 Å². The Morgan fingerprint density at radius 1 is 1.22 bits per heavy atom. The number of rotatable bonds is 5. The lowest BCUT2D eigenvalue weighted by Gasteiger charge is -2.10. The summed E-state index contributed by atoms with van der Waals surface area (Å²) >= 11 is 0. The summed E-state index contributed by atoms with van der Waals surface area (Å²) in [5, 5.41) is 3.22. The van der Waals surface area contributed by atoms with E-state index in [0.29, 0.717) is 5.69 Å². The molecule has 0 aliphatic heterocycles. The number of nitrogens with zero attached hydrogens (tertiary/aromatic N) is 1. The van der Waals surface area contributed by atoms with Gasteiger partial charge in [-0.05, 0) is 30.2 Å². The first-order chi connectivity index (χ1) is 8.81. The molecule has 0 spiro atoms. The molecule has 1 heterocycles. The van der Waals surface area contributed by atoms with Crippen molar-refractivity contribution in [1.29, 1.82) is 0 Å². The van der Waals surface area contributed by atoms with Gasteiger partial charge in [0.1, 0.15) is 11.6 Å². The highest BCUT2D eigenvalue weighted by molar-refractivity contribution is 5.60.